The van der Waals surface area contributed by atoms with Crippen molar-refractivity contribution in [2.45, 2.75) is 6.61 Å². The van der Waals surface area contributed by atoms with Crippen LogP contribution in [0.5, 0.6) is 0 Å². The van der Waals surface area contributed by atoms with Gasteiger partial charge in [0.2, 0.25) is 0 Å². The normalized spacial score (nSPS) is 15.4. The van der Waals surface area contributed by atoms with Crippen molar-refractivity contribution in [3.8, 4) is 0 Å². The molecule has 98 valence electrons. The van der Waals surface area contributed by atoms with E-state index in [0.29, 0.717) is 13.1 Å². The molecule has 8 heteroatoms. The van der Waals surface area contributed by atoms with Crippen molar-refractivity contribution in [2.24, 2.45) is 0 Å². The Hall–Kier alpha value is -2.09. The average molecular weight is 255 g/mol. The van der Waals surface area contributed by atoms with Crippen LogP contribution < -0.4 is 5.32 Å². The fourth-order valence-electron chi connectivity index (χ4n) is 1.61. The zero-order valence-corrected chi connectivity index (χ0v) is 9.63. The third kappa shape index (κ3) is 2.98. The third-order valence-corrected chi connectivity index (χ3v) is 2.54. The van der Waals surface area contributed by atoms with Crippen molar-refractivity contribution in [3.63, 3.8) is 0 Å². The van der Waals surface area contributed by atoms with Crippen LogP contribution >= 0.6 is 0 Å². The highest BCUT2D eigenvalue weighted by atomic mass is 16.7. The molecule has 1 aromatic rings. The van der Waals surface area contributed by atoms with E-state index in [2.05, 4.69) is 5.32 Å². The lowest BCUT2D eigenvalue weighted by Gasteiger charge is -2.26. The number of nitro groups is 1. The van der Waals surface area contributed by atoms with Crippen LogP contribution in [0.3, 0.4) is 0 Å². The maximum atomic E-state index is 11.6. The lowest BCUT2D eigenvalue weighted by molar-refractivity contribution is -0.402. The fourth-order valence-corrected chi connectivity index (χ4v) is 1.61. The molecule has 0 aromatic carbocycles. The molecular formula is C10H13N3O5. The molecule has 18 heavy (non-hydrogen) atoms. The van der Waals surface area contributed by atoms with Crippen molar-refractivity contribution in [3.05, 3.63) is 28.0 Å². The molecule has 1 aliphatic rings. The van der Waals surface area contributed by atoms with Crippen molar-refractivity contribution in [1.82, 2.24) is 10.2 Å². The molecule has 8 nitrogen and oxygen atoms in total. The number of nitrogens with one attached hydrogen (secondary N) is 1. The first-order valence-electron chi connectivity index (χ1n) is 5.52. The lowest BCUT2D eigenvalue weighted by Crippen LogP contribution is -2.46. The van der Waals surface area contributed by atoms with Gasteiger partial charge < -0.3 is 19.4 Å². The van der Waals surface area contributed by atoms with E-state index in [0.717, 1.165) is 13.1 Å². The van der Waals surface area contributed by atoms with Gasteiger partial charge in [0.15, 0.2) is 6.61 Å². The van der Waals surface area contributed by atoms with Crippen LogP contribution in [0, 0.1) is 10.1 Å². The Morgan fingerprint density at radius 1 is 1.50 bits per heavy atom. The number of amides is 1. The molecule has 0 radical (unpaired) electrons. The molecule has 1 N–H and O–H groups in total. The minimum absolute atomic E-state index is 0.101. The van der Waals surface area contributed by atoms with Crippen LogP contribution in [-0.4, -0.2) is 42.1 Å². The second-order valence-corrected chi connectivity index (χ2v) is 3.79. The standard InChI is InChI=1S/C10H13N3O5/c14-10(12-5-3-11-4-6-12)17-7-8-1-2-9(18-8)13(15)16/h1-2,11H,3-7H2. The number of ether oxygens (including phenoxy) is 1. The second-order valence-electron chi connectivity index (χ2n) is 3.79. The van der Waals surface area contributed by atoms with E-state index in [1.165, 1.54) is 12.1 Å². The molecule has 1 aliphatic heterocycles. The summed E-state index contributed by atoms with van der Waals surface area (Å²) in [5.41, 5.74) is 0. The molecule has 0 atom stereocenters. The van der Waals surface area contributed by atoms with Crippen LogP contribution in [0.25, 0.3) is 0 Å². The Kier molecular flexibility index (Phi) is 3.78. The summed E-state index contributed by atoms with van der Waals surface area (Å²) in [6, 6.07) is 2.65. The van der Waals surface area contributed by atoms with Crippen molar-refractivity contribution in [2.75, 3.05) is 26.2 Å². The van der Waals surface area contributed by atoms with Gasteiger partial charge in [0.05, 0.1) is 6.07 Å². The highest BCUT2D eigenvalue weighted by Gasteiger charge is 2.18. The molecule has 1 amide bonds. The fraction of sp³-hybridized carbons (Fsp3) is 0.500. The Morgan fingerprint density at radius 2 is 2.22 bits per heavy atom. The van der Waals surface area contributed by atoms with Crippen LogP contribution in [0.4, 0.5) is 10.7 Å². The van der Waals surface area contributed by atoms with Gasteiger partial charge in [0, 0.05) is 26.2 Å². The first-order chi connectivity index (χ1) is 8.66. The second kappa shape index (κ2) is 5.50. The number of furan rings is 1. The molecule has 0 bridgehead atoms. The van der Waals surface area contributed by atoms with Gasteiger partial charge in [0.1, 0.15) is 10.7 Å². The molecule has 2 rings (SSSR count). The van der Waals surface area contributed by atoms with E-state index in [1.807, 2.05) is 0 Å². The topological polar surface area (TPSA) is 97.8 Å². The Bertz CT molecular complexity index is 438. The first kappa shape index (κ1) is 12.4. The van der Waals surface area contributed by atoms with E-state index in [4.69, 9.17) is 9.15 Å². The van der Waals surface area contributed by atoms with Crippen molar-refractivity contribution in [1.29, 1.82) is 0 Å². The Labute approximate surface area is 103 Å². The van der Waals surface area contributed by atoms with Gasteiger partial charge in [-0.1, -0.05) is 0 Å². The van der Waals surface area contributed by atoms with Gasteiger partial charge in [-0.3, -0.25) is 10.1 Å². The first-order valence-corrected chi connectivity index (χ1v) is 5.52. The number of hydrogen-bond donors (Lipinski definition) is 1. The van der Waals surface area contributed by atoms with E-state index in [9.17, 15) is 14.9 Å². The molecular weight excluding hydrogens is 242 g/mol. The van der Waals surface area contributed by atoms with Gasteiger partial charge >= 0.3 is 12.0 Å². The predicted molar refractivity (Wildman–Crippen MR) is 60.0 cm³/mol. The number of carbonyl (C=O) groups excluding carboxylic acids is 1. The van der Waals surface area contributed by atoms with Gasteiger partial charge in [-0.15, -0.1) is 0 Å². The van der Waals surface area contributed by atoms with E-state index >= 15 is 0 Å². The highest BCUT2D eigenvalue weighted by molar-refractivity contribution is 5.67. The molecule has 0 spiro atoms. The van der Waals surface area contributed by atoms with Crippen molar-refractivity contribution < 1.29 is 18.9 Å². The summed E-state index contributed by atoms with van der Waals surface area (Å²) in [5.74, 6) is -0.103. The Morgan fingerprint density at radius 3 is 2.83 bits per heavy atom. The van der Waals surface area contributed by atoms with Gasteiger partial charge in [-0.05, 0) is 6.07 Å². The lowest BCUT2D eigenvalue weighted by atomic mass is 10.4. The highest BCUT2D eigenvalue weighted by Crippen LogP contribution is 2.16. The molecule has 0 saturated carbocycles. The number of nitrogens with zero attached hydrogens (tertiary/aromatic N) is 2. The quantitative estimate of drug-likeness (QED) is 0.631. The molecule has 1 fully saturated rings. The van der Waals surface area contributed by atoms with Gasteiger partial charge in [-0.25, -0.2) is 4.79 Å². The summed E-state index contributed by atoms with van der Waals surface area (Å²) >= 11 is 0. The minimum Gasteiger partial charge on any atom is -0.441 e. The van der Waals surface area contributed by atoms with Crippen LogP contribution in [-0.2, 0) is 11.3 Å². The van der Waals surface area contributed by atoms with Gasteiger partial charge in [-0.2, -0.15) is 0 Å². The van der Waals surface area contributed by atoms with E-state index in [-0.39, 0.29) is 18.3 Å². The molecule has 1 aromatic heterocycles. The maximum absolute atomic E-state index is 11.6. The monoisotopic (exact) mass is 255 g/mol. The largest absolute Gasteiger partial charge is 0.441 e. The predicted octanol–water partition coefficient (Wildman–Crippen LogP) is 0.730. The summed E-state index contributed by atoms with van der Waals surface area (Å²) in [4.78, 5) is 22.9. The molecule has 2 heterocycles. The number of rotatable bonds is 3. The van der Waals surface area contributed by atoms with Crippen molar-refractivity contribution >= 4 is 12.0 Å². The summed E-state index contributed by atoms with van der Waals surface area (Å²) in [5, 5.41) is 13.5. The minimum atomic E-state index is -0.637. The number of carbonyl (C=O) groups is 1. The number of piperazine rings is 1. The average Bonchev–Trinajstić information content (AvgIpc) is 2.86. The molecule has 0 unspecified atom stereocenters. The van der Waals surface area contributed by atoms with Crippen LogP contribution in [0.1, 0.15) is 5.76 Å². The molecule has 0 aliphatic carbocycles. The van der Waals surface area contributed by atoms with E-state index < -0.39 is 11.0 Å². The van der Waals surface area contributed by atoms with Crippen LogP contribution in [0.15, 0.2) is 16.5 Å². The summed E-state index contributed by atoms with van der Waals surface area (Å²) < 4.78 is 9.88. The summed E-state index contributed by atoms with van der Waals surface area (Å²) in [7, 11) is 0. The SMILES string of the molecule is O=C(OCc1ccc([N+](=O)[O-])o1)N1CCNCC1. The third-order valence-electron chi connectivity index (χ3n) is 2.54. The maximum Gasteiger partial charge on any atom is 0.433 e. The Balaban J connectivity index is 1.82. The zero-order chi connectivity index (χ0) is 13.0. The molecule has 1 saturated heterocycles. The van der Waals surface area contributed by atoms with E-state index in [1.54, 1.807) is 4.90 Å². The number of hydrogen-bond acceptors (Lipinski definition) is 6. The summed E-state index contributed by atoms with van der Waals surface area (Å²) in [6.45, 7) is 2.56. The van der Waals surface area contributed by atoms with Crippen LogP contribution in [0.2, 0.25) is 0 Å². The smallest absolute Gasteiger partial charge is 0.433 e. The zero-order valence-electron chi connectivity index (χ0n) is 9.63. The van der Waals surface area contributed by atoms with Gasteiger partial charge in [0.25, 0.3) is 0 Å². The summed E-state index contributed by atoms with van der Waals surface area (Å²) in [6.07, 6.45) is -0.435.